The van der Waals surface area contributed by atoms with E-state index >= 15 is 0 Å². The number of nitrogens with zero attached hydrogens (tertiary/aromatic N) is 2. The zero-order chi connectivity index (χ0) is 18.6. The summed E-state index contributed by atoms with van der Waals surface area (Å²) in [5, 5.41) is 2.86. The summed E-state index contributed by atoms with van der Waals surface area (Å²) >= 11 is 8.12. The second-order valence-corrected chi connectivity index (χ2v) is 8.89. The van der Waals surface area contributed by atoms with Crippen molar-refractivity contribution in [3.8, 4) is 0 Å². The van der Waals surface area contributed by atoms with E-state index in [4.69, 9.17) is 11.6 Å². The molecular weight excluding hydrogens is 376 g/mol. The SMILES string of the molecule is O=C(c1cccs1)N1CC[C@H]2[C@H](CCCN2CC(Cl)=Cc2ccccc2)C1. The molecule has 0 unspecified atom stereocenters. The van der Waals surface area contributed by atoms with Gasteiger partial charge in [0.1, 0.15) is 0 Å². The van der Waals surface area contributed by atoms with Crippen LogP contribution in [0.25, 0.3) is 6.08 Å². The molecule has 0 bridgehead atoms. The van der Waals surface area contributed by atoms with Crippen molar-refractivity contribution < 1.29 is 4.79 Å². The first-order chi connectivity index (χ1) is 13.2. The van der Waals surface area contributed by atoms with Crippen LogP contribution in [0.15, 0.2) is 52.9 Å². The molecule has 1 amide bonds. The summed E-state index contributed by atoms with van der Waals surface area (Å²) in [6, 6.07) is 14.7. The van der Waals surface area contributed by atoms with Crippen molar-refractivity contribution in [2.75, 3.05) is 26.2 Å². The Morgan fingerprint density at radius 2 is 2.00 bits per heavy atom. The van der Waals surface area contributed by atoms with Gasteiger partial charge in [-0.3, -0.25) is 9.69 Å². The smallest absolute Gasteiger partial charge is 0.263 e. The molecule has 2 fully saturated rings. The van der Waals surface area contributed by atoms with Gasteiger partial charge in [-0.25, -0.2) is 0 Å². The van der Waals surface area contributed by atoms with E-state index in [9.17, 15) is 4.79 Å². The fourth-order valence-corrected chi connectivity index (χ4v) is 5.38. The third kappa shape index (κ3) is 4.45. The Morgan fingerprint density at radius 3 is 2.78 bits per heavy atom. The molecule has 2 saturated heterocycles. The second-order valence-electron chi connectivity index (χ2n) is 7.46. The van der Waals surface area contributed by atoms with Crippen LogP contribution < -0.4 is 0 Å². The summed E-state index contributed by atoms with van der Waals surface area (Å²) in [4.78, 5) is 18.1. The molecule has 1 aromatic heterocycles. The van der Waals surface area contributed by atoms with E-state index in [1.807, 2.05) is 35.7 Å². The molecule has 2 aromatic rings. The highest BCUT2D eigenvalue weighted by Gasteiger charge is 2.37. The number of likely N-dealkylation sites (tertiary alicyclic amines) is 2. The van der Waals surface area contributed by atoms with Gasteiger partial charge < -0.3 is 4.90 Å². The highest BCUT2D eigenvalue weighted by atomic mass is 35.5. The summed E-state index contributed by atoms with van der Waals surface area (Å²) in [6.07, 6.45) is 5.49. The summed E-state index contributed by atoms with van der Waals surface area (Å²) in [5.74, 6) is 0.750. The van der Waals surface area contributed by atoms with Crippen LogP contribution in [0.2, 0.25) is 0 Å². The van der Waals surface area contributed by atoms with Gasteiger partial charge in [0, 0.05) is 30.7 Å². The van der Waals surface area contributed by atoms with Gasteiger partial charge in [-0.1, -0.05) is 48.0 Å². The van der Waals surface area contributed by atoms with E-state index in [0.717, 1.165) is 48.1 Å². The first kappa shape index (κ1) is 18.7. The number of fused-ring (bicyclic) bond motifs is 1. The minimum absolute atomic E-state index is 0.197. The monoisotopic (exact) mass is 400 g/mol. The summed E-state index contributed by atoms with van der Waals surface area (Å²) in [7, 11) is 0. The predicted molar refractivity (Wildman–Crippen MR) is 113 cm³/mol. The number of amides is 1. The molecule has 2 aliphatic heterocycles. The fraction of sp³-hybridized carbons (Fsp3) is 0.409. The molecule has 2 aliphatic rings. The van der Waals surface area contributed by atoms with Gasteiger partial charge in [-0.15, -0.1) is 11.3 Å². The molecule has 27 heavy (non-hydrogen) atoms. The standard InChI is InChI=1S/C22H25ClN2OS/c23-19(14-17-6-2-1-3-7-17)16-24-11-4-8-18-15-25(12-10-20(18)24)22(26)21-9-5-13-27-21/h1-3,5-7,9,13-14,18,20H,4,8,10-12,15-16H2/t18-,20+/m1/s1. The maximum Gasteiger partial charge on any atom is 0.263 e. The second kappa shape index (κ2) is 8.59. The zero-order valence-electron chi connectivity index (χ0n) is 15.4. The van der Waals surface area contributed by atoms with E-state index in [1.54, 1.807) is 0 Å². The number of hydrogen-bond acceptors (Lipinski definition) is 3. The Hall–Kier alpha value is -1.62. The Labute approximate surface area is 170 Å². The van der Waals surface area contributed by atoms with Gasteiger partial charge in [0.2, 0.25) is 0 Å². The van der Waals surface area contributed by atoms with E-state index in [-0.39, 0.29) is 5.91 Å². The van der Waals surface area contributed by atoms with Crippen LogP contribution in [0.4, 0.5) is 0 Å². The molecule has 0 saturated carbocycles. The molecule has 4 rings (SSSR count). The normalized spacial score (nSPS) is 23.9. The summed E-state index contributed by atoms with van der Waals surface area (Å²) in [5.41, 5.74) is 1.15. The van der Waals surface area contributed by atoms with Crippen molar-refractivity contribution in [1.29, 1.82) is 0 Å². The number of benzene rings is 1. The van der Waals surface area contributed by atoms with Gasteiger partial charge in [-0.05, 0) is 54.8 Å². The first-order valence-electron chi connectivity index (χ1n) is 9.68. The van der Waals surface area contributed by atoms with Crippen LogP contribution in [0.3, 0.4) is 0 Å². The Morgan fingerprint density at radius 1 is 1.15 bits per heavy atom. The highest BCUT2D eigenvalue weighted by Crippen LogP contribution is 2.32. The van der Waals surface area contributed by atoms with E-state index < -0.39 is 0 Å². The van der Waals surface area contributed by atoms with Crippen molar-refractivity contribution in [3.05, 3.63) is 63.3 Å². The molecule has 1 aromatic carbocycles. The summed E-state index contributed by atoms with van der Waals surface area (Å²) < 4.78 is 0. The number of halogens is 1. The van der Waals surface area contributed by atoms with Gasteiger partial charge in [0.15, 0.2) is 0 Å². The lowest BCUT2D eigenvalue weighted by Crippen LogP contribution is -2.55. The average molecular weight is 401 g/mol. The molecule has 3 heterocycles. The average Bonchev–Trinajstić information content (AvgIpc) is 3.23. The largest absolute Gasteiger partial charge is 0.338 e. The lowest BCUT2D eigenvalue weighted by atomic mass is 9.83. The van der Waals surface area contributed by atoms with Crippen molar-refractivity contribution in [1.82, 2.24) is 9.80 Å². The number of thiophene rings is 1. The summed E-state index contributed by atoms with van der Waals surface area (Å²) in [6.45, 7) is 3.61. The minimum atomic E-state index is 0.197. The van der Waals surface area contributed by atoms with Crippen LogP contribution in [0, 0.1) is 5.92 Å². The van der Waals surface area contributed by atoms with Crippen molar-refractivity contribution in [2.24, 2.45) is 5.92 Å². The Bertz CT molecular complexity index is 790. The first-order valence-corrected chi connectivity index (χ1v) is 10.9. The number of rotatable bonds is 4. The van der Waals surface area contributed by atoms with Gasteiger partial charge >= 0.3 is 0 Å². The quantitative estimate of drug-likeness (QED) is 0.724. The number of carbonyl (C=O) groups excluding carboxylic acids is 1. The number of carbonyl (C=O) groups is 1. The Kier molecular flexibility index (Phi) is 5.96. The van der Waals surface area contributed by atoms with E-state index in [2.05, 4.69) is 28.0 Å². The van der Waals surface area contributed by atoms with Crippen molar-refractivity contribution >= 4 is 34.9 Å². The topological polar surface area (TPSA) is 23.6 Å². The molecule has 3 nitrogen and oxygen atoms in total. The van der Waals surface area contributed by atoms with Crippen LogP contribution >= 0.6 is 22.9 Å². The van der Waals surface area contributed by atoms with Gasteiger partial charge in [0.25, 0.3) is 5.91 Å². The Balaban J connectivity index is 1.40. The third-order valence-corrected chi connectivity index (χ3v) is 6.77. The number of piperidine rings is 2. The van der Waals surface area contributed by atoms with Crippen molar-refractivity contribution in [2.45, 2.75) is 25.3 Å². The highest BCUT2D eigenvalue weighted by molar-refractivity contribution is 7.12. The fourth-order valence-electron chi connectivity index (χ4n) is 4.41. The maximum atomic E-state index is 12.7. The molecular formula is C22H25ClN2OS. The molecule has 0 aliphatic carbocycles. The minimum Gasteiger partial charge on any atom is -0.338 e. The van der Waals surface area contributed by atoms with Crippen LogP contribution in [0.5, 0.6) is 0 Å². The molecule has 142 valence electrons. The lowest BCUT2D eigenvalue weighted by molar-refractivity contribution is 0.0259. The molecule has 0 spiro atoms. The maximum absolute atomic E-state index is 12.7. The molecule has 0 N–H and O–H groups in total. The van der Waals surface area contributed by atoms with Crippen LogP contribution in [-0.4, -0.2) is 47.9 Å². The molecule has 5 heteroatoms. The number of hydrogen-bond donors (Lipinski definition) is 0. The predicted octanol–water partition coefficient (Wildman–Crippen LogP) is 4.95. The van der Waals surface area contributed by atoms with E-state index in [0.29, 0.717) is 12.0 Å². The van der Waals surface area contributed by atoms with Crippen molar-refractivity contribution in [3.63, 3.8) is 0 Å². The van der Waals surface area contributed by atoms with Crippen LogP contribution in [0.1, 0.15) is 34.5 Å². The van der Waals surface area contributed by atoms with Gasteiger partial charge in [-0.2, -0.15) is 0 Å². The van der Waals surface area contributed by atoms with Crippen LogP contribution in [-0.2, 0) is 0 Å². The van der Waals surface area contributed by atoms with E-state index in [1.165, 1.54) is 24.2 Å². The van der Waals surface area contributed by atoms with Gasteiger partial charge in [0.05, 0.1) is 4.88 Å². The molecule has 2 atom stereocenters. The third-order valence-electron chi connectivity index (χ3n) is 5.68. The zero-order valence-corrected chi connectivity index (χ0v) is 17.0. The molecule has 0 radical (unpaired) electrons. The lowest BCUT2D eigenvalue weighted by Gasteiger charge is -2.47.